The van der Waals surface area contributed by atoms with Crippen LogP contribution < -0.4 is 11.1 Å². The van der Waals surface area contributed by atoms with Gasteiger partial charge in [-0.25, -0.2) is 19.3 Å². The minimum atomic E-state index is -2.18. The lowest BCUT2D eigenvalue weighted by Gasteiger charge is -2.40. The number of esters is 1. The van der Waals surface area contributed by atoms with Crippen LogP contribution in [0.3, 0.4) is 0 Å². The number of benzene rings is 1. The van der Waals surface area contributed by atoms with Crippen LogP contribution in [0, 0.1) is 22.6 Å². The smallest absolute Gasteiger partial charge is 0.317 e. The zero-order chi connectivity index (χ0) is 28.8. The quantitative estimate of drug-likeness (QED) is 0.232. The van der Waals surface area contributed by atoms with E-state index in [1.165, 1.54) is 31.2 Å². The molecule has 1 aliphatic rings. The molecule has 1 aromatic carbocycles. The SMILES string of the molecule is COCCCNc1nccc(-c2[nH]c(C3(C(N)=O)OCC(C)(C(=O)OCC#N)CO3)nc2-c2ccc(F)cc2)n1. The van der Waals surface area contributed by atoms with Gasteiger partial charge >= 0.3 is 11.8 Å². The van der Waals surface area contributed by atoms with Crippen LogP contribution in [0.15, 0.2) is 36.5 Å². The van der Waals surface area contributed by atoms with E-state index in [0.29, 0.717) is 41.7 Å². The number of hydrogen-bond acceptors (Lipinski definition) is 11. The van der Waals surface area contributed by atoms with Crippen molar-refractivity contribution in [3.63, 3.8) is 0 Å². The van der Waals surface area contributed by atoms with Crippen LogP contribution in [0.5, 0.6) is 0 Å². The summed E-state index contributed by atoms with van der Waals surface area (Å²) in [5.74, 6) is -4.14. The number of carbonyl (C=O) groups excluding carboxylic acids is 2. The van der Waals surface area contributed by atoms with Crippen LogP contribution in [0.4, 0.5) is 10.3 Å². The molecule has 1 saturated heterocycles. The minimum absolute atomic E-state index is 0.102. The molecule has 40 heavy (non-hydrogen) atoms. The Hall–Kier alpha value is -4.45. The molecule has 3 heterocycles. The molecule has 13 nitrogen and oxygen atoms in total. The lowest BCUT2D eigenvalue weighted by atomic mass is 9.91. The van der Waals surface area contributed by atoms with Crippen LogP contribution in [0.2, 0.25) is 0 Å². The van der Waals surface area contributed by atoms with Crippen molar-refractivity contribution in [3.8, 4) is 28.7 Å². The van der Waals surface area contributed by atoms with Gasteiger partial charge < -0.3 is 35.0 Å². The van der Waals surface area contributed by atoms with Gasteiger partial charge in [0, 0.05) is 32.0 Å². The van der Waals surface area contributed by atoms with Crippen molar-refractivity contribution in [2.45, 2.75) is 19.1 Å². The molecule has 0 atom stereocenters. The van der Waals surface area contributed by atoms with E-state index in [1.54, 1.807) is 25.4 Å². The minimum Gasteiger partial charge on any atom is -0.450 e. The Morgan fingerprint density at radius 1 is 1.23 bits per heavy atom. The van der Waals surface area contributed by atoms with Gasteiger partial charge in [-0.3, -0.25) is 9.59 Å². The Morgan fingerprint density at radius 3 is 2.60 bits per heavy atom. The molecule has 1 amide bonds. The van der Waals surface area contributed by atoms with E-state index in [1.807, 2.05) is 0 Å². The number of halogens is 1. The Morgan fingerprint density at radius 2 is 1.95 bits per heavy atom. The summed E-state index contributed by atoms with van der Waals surface area (Å²) in [4.78, 5) is 41.6. The predicted octanol–water partition coefficient (Wildman–Crippen LogP) is 1.88. The molecule has 14 heteroatoms. The number of imidazole rings is 1. The summed E-state index contributed by atoms with van der Waals surface area (Å²) in [6.45, 7) is 1.57. The molecular weight excluding hydrogens is 525 g/mol. The van der Waals surface area contributed by atoms with Crippen molar-refractivity contribution < 1.29 is 32.9 Å². The molecule has 1 fully saturated rings. The lowest BCUT2D eigenvalue weighted by Crippen LogP contribution is -2.56. The summed E-state index contributed by atoms with van der Waals surface area (Å²) in [6.07, 6.45) is 2.28. The first-order chi connectivity index (χ1) is 19.2. The molecule has 0 unspecified atom stereocenters. The van der Waals surface area contributed by atoms with Crippen molar-refractivity contribution >= 4 is 17.8 Å². The summed E-state index contributed by atoms with van der Waals surface area (Å²) in [6, 6.07) is 8.93. The normalized spacial score (nSPS) is 20.4. The van der Waals surface area contributed by atoms with E-state index in [0.717, 1.165) is 6.42 Å². The van der Waals surface area contributed by atoms with Gasteiger partial charge in [0.05, 0.1) is 30.3 Å². The Labute approximate surface area is 228 Å². The number of rotatable bonds is 11. The number of nitrogens with zero attached hydrogens (tertiary/aromatic N) is 4. The van der Waals surface area contributed by atoms with Gasteiger partial charge in [-0.05, 0) is 43.7 Å². The Bertz CT molecular complexity index is 1400. The molecule has 0 radical (unpaired) electrons. The predicted molar refractivity (Wildman–Crippen MR) is 137 cm³/mol. The highest BCUT2D eigenvalue weighted by atomic mass is 19.1. The highest BCUT2D eigenvalue weighted by molar-refractivity contribution is 5.85. The highest BCUT2D eigenvalue weighted by Crippen LogP contribution is 2.39. The fourth-order valence-electron chi connectivity index (χ4n) is 3.92. The number of methoxy groups -OCH3 is 1. The van der Waals surface area contributed by atoms with Crippen LogP contribution in [-0.4, -0.2) is 71.9 Å². The largest absolute Gasteiger partial charge is 0.450 e. The number of nitrogens with two attached hydrogens (primary N) is 1. The van der Waals surface area contributed by atoms with E-state index in [-0.39, 0.29) is 19.0 Å². The summed E-state index contributed by atoms with van der Waals surface area (Å²) in [7, 11) is 1.61. The number of H-pyrrole nitrogens is 1. The van der Waals surface area contributed by atoms with E-state index < -0.39 is 35.5 Å². The maximum atomic E-state index is 13.7. The summed E-state index contributed by atoms with van der Waals surface area (Å²) in [5.41, 5.74) is 6.02. The van der Waals surface area contributed by atoms with Crippen LogP contribution >= 0.6 is 0 Å². The number of amides is 1. The topological polar surface area (TPSA) is 187 Å². The van der Waals surface area contributed by atoms with E-state index >= 15 is 0 Å². The van der Waals surface area contributed by atoms with E-state index in [4.69, 9.17) is 29.9 Å². The second-order valence-electron chi connectivity index (χ2n) is 9.21. The fraction of sp³-hybridized carbons (Fsp3) is 0.385. The first-order valence-electron chi connectivity index (χ1n) is 12.3. The average molecular weight is 554 g/mol. The van der Waals surface area contributed by atoms with Crippen molar-refractivity contribution in [2.24, 2.45) is 11.1 Å². The molecule has 1 aliphatic heterocycles. The molecule has 4 N–H and O–H groups in total. The number of carbonyl (C=O) groups is 2. The summed E-state index contributed by atoms with van der Waals surface area (Å²) < 4.78 is 35.3. The maximum Gasteiger partial charge on any atom is 0.317 e. The van der Waals surface area contributed by atoms with Crippen LogP contribution in [0.1, 0.15) is 19.2 Å². The molecule has 0 spiro atoms. The molecule has 3 aromatic rings. The van der Waals surface area contributed by atoms with Gasteiger partial charge in [-0.2, -0.15) is 5.26 Å². The van der Waals surface area contributed by atoms with Crippen LogP contribution in [-0.2, 0) is 34.3 Å². The monoisotopic (exact) mass is 553 g/mol. The standard InChI is InChI=1S/C26H28FN7O6/c1-25(23(36)38-13-9-28)14-39-26(21(29)35,40-15-25)22-33-19(16-4-6-17(27)7-5-16)20(34-22)18-8-11-31-24(32-18)30-10-3-12-37-2/h4-8,11H,3,10,12-15H2,1-2H3,(H2,29,35)(H,33,34)(H,30,31,32). The third kappa shape index (κ3) is 5.91. The van der Waals surface area contributed by atoms with Gasteiger partial charge in [-0.1, -0.05) is 0 Å². The number of nitriles is 1. The summed E-state index contributed by atoms with van der Waals surface area (Å²) >= 11 is 0. The molecule has 210 valence electrons. The van der Waals surface area contributed by atoms with E-state index in [2.05, 4.69) is 25.3 Å². The van der Waals surface area contributed by atoms with Crippen LogP contribution in [0.25, 0.3) is 22.6 Å². The van der Waals surface area contributed by atoms with Crippen molar-refractivity contribution in [3.05, 3.63) is 48.2 Å². The first-order valence-corrected chi connectivity index (χ1v) is 12.3. The Balaban J connectivity index is 1.72. The van der Waals surface area contributed by atoms with Gasteiger partial charge in [-0.15, -0.1) is 0 Å². The van der Waals surface area contributed by atoms with Gasteiger partial charge in [0.1, 0.15) is 17.3 Å². The lowest BCUT2D eigenvalue weighted by molar-refractivity contribution is -0.293. The zero-order valence-electron chi connectivity index (χ0n) is 21.9. The maximum absolute atomic E-state index is 13.7. The Kier molecular flexibility index (Phi) is 8.68. The molecule has 2 aromatic heterocycles. The fourth-order valence-corrected chi connectivity index (χ4v) is 3.92. The molecule has 0 aliphatic carbocycles. The van der Waals surface area contributed by atoms with Crippen molar-refractivity contribution in [2.75, 3.05) is 45.4 Å². The molecular formula is C26H28FN7O6. The number of ether oxygens (including phenoxy) is 4. The molecule has 4 rings (SSSR count). The number of hydrogen-bond donors (Lipinski definition) is 3. The van der Waals surface area contributed by atoms with Crippen molar-refractivity contribution in [1.82, 2.24) is 19.9 Å². The van der Waals surface area contributed by atoms with Crippen molar-refractivity contribution in [1.29, 1.82) is 5.26 Å². The van der Waals surface area contributed by atoms with Gasteiger partial charge in [0.15, 0.2) is 12.4 Å². The first kappa shape index (κ1) is 28.6. The third-order valence-electron chi connectivity index (χ3n) is 6.13. The molecule has 0 bridgehead atoms. The number of aromatic amines is 1. The van der Waals surface area contributed by atoms with E-state index in [9.17, 15) is 14.0 Å². The number of anilines is 1. The second kappa shape index (κ2) is 12.2. The summed E-state index contributed by atoms with van der Waals surface area (Å²) in [5, 5.41) is 11.8. The van der Waals surface area contributed by atoms with Gasteiger partial charge in [0.2, 0.25) is 5.95 Å². The second-order valence-corrected chi connectivity index (χ2v) is 9.21. The van der Waals surface area contributed by atoms with Gasteiger partial charge in [0.25, 0.3) is 5.91 Å². The molecule has 0 saturated carbocycles. The third-order valence-corrected chi connectivity index (χ3v) is 6.13. The zero-order valence-corrected chi connectivity index (χ0v) is 21.9. The average Bonchev–Trinajstić information content (AvgIpc) is 3.41. The number of aromatic nitrogens is 4. The number of primary amides is 1. The highest BCUT2D eigenvalue weighted by Gasteiger charge is 2.54. The number of nitrogens with one attached hydrogen (secondary N) is 2.